The standard InChI is InChI=1S/C15H17N3O2/c19-15-11-20-13(8-14-16-6-7-17-14)10-18(15)9-12-4-2-1-3-5-12/h1-7,13H,8-11H2,(H,16,17)/t13-/m0/s1. The largest absolute Gasteiger partial charge is 0.366 e. The van der Waals surface area contributed by atoms with Crippen LogP contribution in [-0.2, 0) is 22.5 Å². The van der Waals surface area contributed by atoms with E-state index in [1.54, 1.807) is 12.4 Å². The van der Waals surface area contributed by atoms with E-state index in [0.29, 0.717) is 19.5 Å². The lowest BCUT2D eigenvalue weighted by molar-refractivity contribution is -0.149. The van der Waals surface area contributed by atoms with Crippen LogP contribution in [0, 0.1) is 0 Å². The summed E-state index contributed by atoms with van der Waals surface area (Å²) in [5.74, 6) is 0.938. The Morgan fingerprint density at radius 2 is 2.20 bits per heavy atom. The van der Waals surface area contributed by atoms with Gasteiger partial charge in [-0.2, -0.15) is 0 Å². The Labute approximate surface area is 117 Å². The van der Waals surface area contributed by atoms with Crippen molar-refractivity contribution < 1.29 is 9.53 Å². The molecule has 1 saturated heterocycles. The molecule has 5 nitrogen and oxygen atoms in total. The fourth-order valence-electron chi connectivity index (χ4n) is 2.39. The van der Waals surface area contributed by atoms with E-state index in [9.17, 15) is 4.79 Å². The lowest BCUT2D eigenvalue weighted by atomic mass is 10.1. The first-order valence-electron chi connectivity index (χ1n) is 6.73. The van der Waals surface area contributed by atoms with Crippen molar-refractivity contribution in [2.24, 2.45) is 0 Å². The first-order valence-corrected chi connectivity index (χ1v) is 6.73. The predicted molar refractivity (Wildman–Crippen MR) is 73.9 cm³/mol. The van der Waals surface area contributed by atoms with Crippen LogP contribution in [0.3, 0.4) is 0 Å². The first kappa shape index (κ1) is 12.9. The van der Waals surface area contributed by atoms with E-state index in [-0.39, 0.29) is 18.6 Å². The summed E-state index contributed by atoms with van der Waals surface area (Å²) in [7, 11) is 0. The zero-order chi connectivity index (χ0) is 13.8. The van der Waals surface area contributed by atoms with Crippen LogP contribution in [0.4, 0.5) is 0 Å². The SMILES string of the molecule is O=C1CO[C@@H](Cc2ncc[nH]2)CN1Cc1ccccc1. The number of hydrogen-bond donors (Lipinski definition) is 1. The van der Waals surface area contributed by atoms with Crippen LogP contribution >= 0.6 is 0 Å². The normalized spacial score (nSPS) is 19.3. The minimum atomic E-state index is 0.00237. The maximum absolute atomic E-state index is 11.9. The Kier molecular flexibility index (Phi) is 3.78. The molecule has 1 aliphatic heterocycles. The zero-order valence-corrected chi connectivity index (χ0v) is 11.2. The van der Waals surface area contributed by atoms with Gasteiger partial charge >= 0.3 is 0 Å². The fraction of sp³-hybridized carbons (Fsp3) is 0.333. The summed E-state index contributed by atoms with van der Waals surface area (Å²) in [4.78, 5) is 21.0. The van der Waals surface area contributed by atoms with Crippen LogP contribution in [-0.4, -0.2) is 40.0 Å². The second-order valence-electron chi connectivity index (χ2n) is 4.93. The lowest BCUT2D eigenvalue weighted by Gasteiger charge is -2.32. The van der Waals surface area contributed by atoms with Gasteiger partial charge in [-0.15, -0.1) is 0 Å². The molecular weight excluding hydrogens is 254 g/mol. The smallest absolute Gasteiger partial charge is 0.248 e. The van der Waals surface area contributed by atoms with Gasteiger partial charge in [0.1, 0.15) is 12.4 Å². The molecule has 2 aromatic rings. The third-order valence-electron chi connectivity index (χ3n) is 3.41. The summed E-state index contributed by atoms with van der Waals surface area (Å²) >= 11 is 0. The highest BCUT2D eigenvalue weighted by molar-refractivity contribution is 5.78. The molecular formula is C15H17N3O2. The summed E-state index contributed by atoms with van der Waals surface area (Å²) in [6, 6.07) is 10.0. The second kappa shape index (κ2) is 5.88. The van der Waals surface area contributed by atoms with Gasteiger partial charge in [0, 0.05) is 31.9 Å². The molecule has 0 saturated carbocycles. The highest BCUT2D eigenvalue weighted by atomic mass is 16.5. The molecule has 1 amide bonds. The van der Waals surface area contributed by atoms with E-state index in [0.717, 1.165) is 11.4 Å². The van der Waals surface area contributed by atoms with Crippen molar-refractivity contribution >= 4 is 5.91 Å². The molecule has 0 spiro atoms. The van der Waals surface area contributed by atoms with Crippen LogP contribution in [0.25, 0.3) is 0 Å². The van der Waals surface area contributed by atoms with E-state index in [4.69, 9.17) is 4.74 Å². The summed E-state index contributed by atoms with van der Waals surface area (Å²) in [6.07, 6.45) is 4.23. The molecule has 1 N–H and O–H groups in total. The van der Waals surface area contributed by atoms with Crippen LogP contribution in [0.5, 0.6) is 0 Å². The van der Waals surface area contributed by atoms with E-state index >= 15 is 0 Å². The van der Waals surface area contributed by atoms with E-state index in [2.05, 4.69) is 9.97 Å². The monoisotopic (exact) mass is 271 g/mol. The van der Waals surface area contributed by atoms with Gasteiger partial charge in [0.15, 0.2) is 0 Å². The maximum atomic E-state index is 11.9. The minimum Gasteiger partial charge on any atom is -0.366 e. The Morgan fingerprint density at radius 1 is 1.35 bits per heavy atom. The number of aromatic nitrogens is 2. The van der Waals surface area contributed by atoms with E-state index < -0.39 is 0 Å². The number of benzene rings is 1. The molecule has 104 valence electrons. The number of carbonyl (C=O) groups excluding carboxylic acids is 1. The quantitative estimate of drug-likeness (QED) is 0.914. The highest BCUT2D eigenvalue weighted by Gasteiger charge is 2.26. The van der Waals surface area contributed by atoms with Crippen molar-refractivity contribution in [3.8, 4) is 0 Å². The number of rotatable bonds is 4. The van der Waals surface area contributed by atoms with Crippen LogP contribution in [0.2, 0.25) is 0 Å². The summed E-state index contributed by atoms with van der Waals surface area (Å²) < 4.78 is 5.58. The Bertz CT molecular complexity index is 554. The molecule has 0 aliphatic carbocycles. The number of H-pyrrole nitrogens is 1. The average molecular weight is 271 g/mol. The summed E-state index contributed by atoms with van der Waals surface area (Å²) in [6.45, 7) is 1.39. The van der Waals surface area contributed by atoms with Crippen LogP contribution in [0.1, 0.15) is 11.4 Å². The number of ether oxygens (including phenoxy) is 1. The molecule has 0 unspecified atom stereocenters. The van der Waals surface area contributed by atoms with Gasteiger partial charge in [-0.25, -0.2) is 4.98 Å². The molecule has 1 aliphatic rings. The molecule has 1 fully saturated rings. The molecule has 1 atom stereocenters. The number of carbonyl (C=O) groups is 1. The van der Waals surface area contributed by atoms with Gasteiger partial charge in [-0.1, -0.05) is 30.3 Å². The van der Waals surface area contributed by atoms with Crippen molar-refractivity contribution in [3.05, 3.63) is 54.1 Å². The van der Waals surface area contributed by atoms with Crippen molar-refractivity contribution in [2.75, 3.05) is 13.2 Å². The number of morpholine rings is 1. The predicted octanol–water partition coefficient (Wildman–Crippen LogP) is 1.38. The third kappa shape index (κ3) is 3.05. The molecule has 1 aromatic heterocycles. The van der Waals surface area contributed by atoms with Gasteiger partial charge < -0.3 is 14.6 Å². The van der Waals surface area contributed by atoms with Gasteiger partial charge in [-0.3, -0.25) is 4.79 Å². The maximum Gasteiger partial charge on any atom is 0.248 e. The minimum absolute atomic E-state index is 0.00237. The Morgan fingerprint density at radius 3 is 2.95 bits per heavy atom. The molecule has 5 heteroatoms. The number of amides is 1. The van der Waals surface area contributed by atoms with Gasteiger partial charge in [0.05, 0.1) is 6.10 Å². The lowest BCUT2D eigenvalue weighted by Crippen LogP contribution is -2.46. The summed E-state index contributed by atoms with van der Waals surface area (Å²) in [5, 5.41) is 0. The Hall–Kier alpha value is -2.14. The van der Waals surface area contributed by atoms with Gasteiger partial charge in [-0.05, 0) is 5.56 Å². The second-order valence-corrected chi connectivity index (χ2v) is 4.93. The number of imidazole rings is 1. The molecule has 2 heterocycles. The van der Waals surface area contributed by atoms with Crippen molar-refractivity contribution in [3.63, 3.8) is 0 Å². The molecule has 1 aromatic carbocycles. The molecule has 0 radical (unpaired) electrons. The van der Waals surface area contributed by atoms with Crippen LogP contribution in [0.15, 0.2) is 42.7 Å². The average Bonchev–Trinajstić information content (AvgIpc) is 2.97. The molecule has 3 rings (SSSR count). The Balaban J connectivity index is 1.63. The third-order valence-corrected chi connectivity index (χ3v) is 3.41. The summed E-state index contributed by atoms with van der Waals surface area (Å²) in [5.41, 5.74) is 1.14. The number of aromatic amines is 1. The number of nitrogens with one attached hydrogen (secondary N) is 1. The van der Waals surface area contributed by atoms with E-state index in [1.807, 2.05) is 35.2 Å². The highest BCUT2D eigenvalue weighted by Crippen LogP contribution is 2.13. The van der Waals surface area contributed by atoms with E-state index in [1.165, 1.54) is 0 Å². The molecule has 20 heavy (non-hydrogen) atoms. The van der Waals surface area contributed by atoms with Gasteiger partial charge in [0.25, 0.3) is 0 Å². The topological polar surface area (TPSA) is 58.2 Å². The van der Waals surface area contributed by atoms with Crippen molar-refractivity contribution in [2.45, 2.75) is 19.1 Å². The van der Waals surface area contributed by atoms with Crippen molar-refractivity contribution in [1.82, 2.24) is 14.9 Å². The number of nitrogens with zero attached hydrogens (tertiary/aromatic N) is 2. The van der Waals surface area contributed by atoms with Crippen LogP contribution < -0.4 is 0 Å². The molecule has 0 bridgehead atoms. The first-order chi connectivity index (χ1) is 9.81. The van der Waals surface area contributed by atoms with Crippen molar-refractivity contribution in [1.29, 1.82) is 0 Å². The van der Waals surface area contributed by atoms with Gasteiger partial charge in [0.2, 0.25) is 5.91 Å². The number of hydrogen-bond acceptors (Lipinski definition) is 3. The fourth-order valence-corrected chi connectivity index (χ4v) is 2.39. The zero-order valence-electron chi connectivity index (χ0n) is 11.2.